The van der Waals surface area contributed by atoms with Crippen molar-refractivity contribution in [3.05, 3.63) is 35.8 Å². The number of nitrogens with two attached hydrogens (primary N) is 1. The van der Waals surface area contributed by atoms with Gasteiger partial charge in [0.05, 0.1) is 28.8 Å². The highest BCUT2D eigenvalue weighted by atomic mass is 16.2. The van der Waals surface area contributed by atoms with Crippen molar-refractivity contribution in [1.29, 1.82) is 0 Å². The van der Waals surface area contributed by atoms with Crippen molar-refractivity contribution < 1.29 is 4.79 Å². The van der Waals surface area contributed by atoms with Crippen molar-refractivity contribution in [2.45, 2.75) is 6.92 Å². The van der Waals surface area contributed by atoms with Crippen LogP contribution in [0.2, 0.25) is 0 Å². The SMILES string of the molecule is Cc1nn(C)c(C(=O)Nc2cccc3[nH]ncc23)c1N. The topological polar surface area (TPSA) is 102 Å². The van der Waals surface area contributed by atoms with Crippen LogP contribution in [0.5, 0.6) is 0 Å². The molecule has 7 heteroatoms. The molecule has 102 valence electrons. The first-order valence-electron chi connectivity index (χ1n) is 6.10. The lowest BCUT2D eigenvalue weighted by Crippen LogP contribution is -2.17. The quantitative estimate of drug-likeness (QED) is 0.655. The van der Waals surface area contributed by atoms with Gasteiger partial charge in [-0.1, -0.05) is 6.07 Å². The van der Waals surface area contributed by atoms with Crippen LogP contribution in [0.25, 0.3) is 10.9 Å². The van der Waals surface area contributed by atoms with Gasteiger partial charge in [-0.25, -0.2) is 0 Å². The molecule has 0 radical (unpaired) electrons. The second-order valence-corrected chi connectivity index (χ2v) is 4.56. The highest BCUT2D eigenvalue weighted by Gasteiger charge is 2.18. The van der Waals surface area contributed by atoms with E-state index in [1.807, 2.05) is 18.2 Å². The first-order chi connectivity index (χ1) is 9.58. The van der Waals surface area contributed by atoms with Crippen LogP contribution in [-0.4, -0.2) is 25.9 Å². The Morgan fingerprint density at radius 3 is 2.95 bits per heavy atom. The molecule has 4 N–H and O–H groups in total. The maximum absolute atomic E-state index is 12.4. The monoisotopic (exact) mass is 270 g/mol. The van der Waals surface area contributed by atoms with E-state index < -0.39 is 0 Å². The van der Waals surface area contributed by atoms with E-state index in [9.17, 15) is 4.79 Å². The van der Waals surface area contributed by atoms with Gasteiger partial charge in [0.25, 0.3) is 5.91 Å². The molecule has 0 fully saturated rings. The maximum atomic E-state index is 12.4. The molecule has 0 atom stereocenters. The number of aromatic amines is 1. The third-order valence-electron chi connectivity index (χ3n) is 3.22. The first-order valence-corrected chi connectivity index (χ1v) is 6.10. The molecule has 0 aliphatic rings. The Morgan fingerprint density at radius 2 is 2.25 bits per heavy atom. The Kier molecular flexibility index (Phi) is 2.67. The fourth-order valence-corrected chi connectivity index (χ4v) is 2.20. The van der Waals surface area contributed by atoms with E-state index in [1.165, 1.54) is 4.68 Å². The van der Waals surface area contributed by atoms with Crippen LogP contribution in [0.15, 0.2) is 24.4 Å². The lowest BCUT2D eigenvalue weighted by Gasteiger charge is -2.07. The molecule has 3 rings (SSSR count). The Hall–Kier alpha value is -2.83. The van der Waals surface area contributed by atoms with Gasteiger partial charge in [0.15, 0.2) is 0 Å². The summed E-state index contributed by atoms with van der Waals surface area (Å²) >= 11 is 0. The van der Waals surface area contributed by atoms with E-state index in [4.69, 9.17) is 5.73 Å². The normalized spacial score (nSPS) is 10.9. The molecule has 0 saturated heterocycles. The van der Waals surface area contributed by atoms with E-state index in [2.05, 4.69) is 20.6 Å². The number of nitrogens with zero attached hydrogens (tertiary/aromatic N) is 3. The molecule has 0 saturated carbocycles. The molecule has 0 bridgehead atoms. The van der Waals surface area contributed by atoms with Crippen LogP contribution in [0.1, 0.15) is 16.2 Å². The summed E-state index contributed by atoms with van der Waals surface area (Å²) in [5, 5.41) is 14.6. The summed E-state index contributed by atoms with van der Waals surface area (Å²) in [6.45, 7) is 1.77. The highest BCUT2D eigenvalue weighted by molar-refractivity contribution is 6.10. The van der Waals surface area contributed by atoms with Gasteiger partial charge in [-0.3, -0.25) is 14.6 Å². The summed E-state index contributed by atoms with van der Waals surface area (Å²) in [5.74, 6) is -0.292. The second-order valence-electron chi connectivity index (χ2n) is 4.56. The molecule has 2 heterocycles. The smallest absolute Gasteiger partial charge is 0.276 e. The number of carbonyl (C=O) groups excluding carboxylic acids is 1. The van der Waals surface area contributed by atoms with Crippen LogP contribution in [0.3, 0.4) is 0 Å². The molecule has 0 aliphatic carbocycles. The van der Waals surface area contributed by atoms with Crippen LogP contribution < -0.4 is 11.1 Å². The van der Waals surface area contributed by atoms with Gasteiger partial charge >= 0.3 is 0 Å². The van der Waals surface area contributed by atoms with Crippen LogP contribution >= 0.6 is 0 Å². The fraction of sp³-hybridized carbons (Fsp3) is 0.154. The molecule has 20 heavy (non-hydrogen) atoms. The molecule has 7 nitrogen and oxygen atoms in total. The third kappa shape index (κ3) is 1.80. The average Bonchev–Trinajstić information content (AvgIpc) is 2.96. The molecule has 0 unspecified atom stereocenters. The number of nitrogens with one attached hydrogen (secondary N) is 2. The van der Waals surface area contributed by atoms with Gasteiger partial charge in [0, 0.05) is 12.4 Å². The minimum absolute atomic E-state index is 0.292. The van der Waals surface area contributed by atoms with E-state index in [-0.39, 0.29) is 5.91 Å². The summed E-state index contributed by atoms with van der Waals surface area (Å²) in [6, 6.07) is 5.55. The zero-order valence-electron chi connectivity index (χ0n) is 11.1. The molecule has 0 spiro atoms. The summed E-state index contributed by atoms with van der Waals surface area (Å²) in [6.07, 6.45) is 1.67. The number of hydrogen-bond acceptors (Lipinski definition) is 4. The molecular formula is C13H14N6O. The fourth-order valence-electron chi connectivity index (χ4n) is 2.20. The van der Waals surface area contributed by atoms with Crippen molar-refractivity contribution >= 4 is 28.2 Å². The van der Waals surface area contributed by atoms with Crippen molar-refractivity contribution in [3.8, 4) is 0 Å². The average molecular weight is 270 g/mol. The summed E-state index contributed by atoms with van der Waals surface area (Å²) in [4.78, 5) is 12.4. The predicted octanol–water partition coefficient (Wildman–Crippen LogP) is 1.44. The summed E-state index contributed by atoms with van der Waals surface area (Å²) in [5.41, 5.74) is 8.81. The van der Waals surface area contributed by atoms with E-state index >= 15 is 0 Å². The number of anilines is 2. The Morgan fingerprint density at radius 1 is 1.45 bits per heavy atom. The van der Waals surface area contributed by atoms with E-state index in [0.29, 0.717) is 22.8 Å². The van der Waals surface area contributed by atoms with Gasteiger partial charge in [0.1, 0.15) is 5.69 Å². The molecule has 0 aliphatic heterocycles. The number of fused-ring (bicyclic) bond motifs is 1. The maximum Gasteiger partial charge on any atom is 0.276 e. The molecule has 1 amide bonds. The summed E-state index contributed by atoms with van der Waals surface area (Å²) < 4.78 is 1.48. The predicted molar refractivity (Wildman–Crippen MR) is 76.4 cm³/mol. The van der Waals surface area contributed by atoms with Crippen molar-refractivity contribution in [2.75, 3.05) is 11.1 Å². The molecule has 3 aromatic rings. The van der Waals surface area contributed by atoms with E-state index in [1.54, 1.807) is 20.2 Å². The van der Waals surface area contributed by atoms with Gasteiger partial charge < -0.3 is 11.1 Å². The lowest BCUT2D eigenvalue weighted by molar-refractivity contribution is 0.101. The third-order valence-corrected chi connectivity index (χ3v) is 3.22. The highest BCUT2D eigenvalue weighted by Crippen LogP contribution is 2.23. The van der Waals surface area contributed by atoms with Crippen LogP contribution in [0.4, 0.5) is 11.4 Å². The number of hydrogen-bond donors (Lipinski definition) is 3. The van der Waals surface area contributed by atoms with Crippen LogP contribution in [0, 0.1) is 6.92 Å². The number of aromatic nitrogens is 4. The number of carbonyl (C=O) groups is 1. The second kappa shape index (κ2) is 4.37. The zero-order chi connectivity index (χ0) is 14.3. The molecular weight excluding hydrogens is 256 g/mol. The molecule has 1 aromatic carbocycles. The van der Waals surface area contributed by atoms with Gasteiger partial charge in [0.2, 0.25) is 0 Å². The number of nitrogen functional groups attached to an aromatic ring is 1. The standard InChI is InChI=1S/C13H14N6O/c1-7-11(14)12(19(2)18-7)13(20)16-9-4-3-5-10-8(9)6-15-17-10/h3-6H,14H2,1-2H3,(H,15,17)(H,16,20). The number of aryl methyl sites for hydroxylation is 2. The van der Waals surface area contributed by atoms with Gasteiger partial charge in [-0.05, 0) is 19.1 Å². The minimum atomic E-state index is -0.292. The van der Waals surface area contributed by atoms with Gasteiger partial charge in [-0.2, -0.15) is 10.2 Å². The first kappa shape index (κ1) is 12.2. The Balaban J connectivity index is 1.99. The van der Waals surface area contributed by atoms with Crippen molar-refractivity contribution in [2.24, 2.45) is 7.05 Å². The lowest BCUT2D eigenvalue weighted by atomic mass is 10.2. The zero-order valence-corrected chi connectivity index (χ0v) is 11.1. The minimum Gasteiger partial charge on any atom is -0.395 e. The number of H-pyrrole nitrogens is 1. The Labute approximate surface area is 114 Å². The van der Waals surface area contributed by atoms with Crippen molar-refractivity contribution in [3.63, 3.8) is 0 Å². The number of benzene rings is 1. The summed E-state index contributed by atoms with van der Waals surface area (Å²) in [7, 11) is 1.69. The van der Waals surface area contributed by atoms with Crippen molar-refractivity contribution in [1.82, 2.24) is 20.0 Å². The van der Waals surface area contributed by atoms with E-state index in [0.717, 1.165) is 10.9 Å². The Bertz CT molecular complexity index is 800. The molecule has 2 aromatic heterocycles. The van der Waals surface area contributed by atoms with Crippen LogP contribution in [-0.2, 0) is 7.05 Å². The number of rotatable bonds is 2. The number of amides is 1. The van der Waals surface area contributed by atoms with Gasteiger partial charge in [-0.15, -0.1) is 0 Å². The largest absolute Gasteiger partial charge is 0.395 e.